The molecule has 0 atom stereocenters. The van der Waals surface area contributed by atoms with Crippen LogP contribution in [0.1, 0.15) is 27.4 Å². The van der Waals surface area contributed by atoms with E-state index in [9.17, 15) is 9.59 Å². The number of ether oxygens (including phenoxy) is 1. The van der Waals surface area contributed by atoms with Crippen molar-refractivity contribution in [2.24, 2.45) is 0 Å². The van der Waals surface area contributed by atoms with Crippen molar-refractivity contribution in [2.75, 3.05) is 13.7 Å². The molecule has 4 aromatic heterocycles. The van der Waals surface area contributed by atoms with Gasteiger partial charge >= 0.3 is 0 Å². The molecule has 0 spiro atoms. The van der Waals surface area contributed by atoms with Gasteiger partial charge in [-0.25, -0.2) is 4.98 Å². The van der Waals surface area contributed by atoms with Crippen LogP contribution in [0.4, 0.5) is 0 Å². The molecule has 0 unspecified atom stereocenters. The molecule has 1 amide bonds. The van der Waals surface area contributed by atoms with Crippen molar-refractivity contribution in [3.63, 3.8) is 0 Å². The number of rotatable bonds is 5. The summed E-state index contributed by atoms with van der Waals surface area (Å²) in [5, 5.41) is 0. The summed E-state index contributed by atoms with van der Waals surface area (Å²) in [7, 11) is 1.61. The molecule has 6 rings (SSSR count). The van der Waals surface area contributed by atoms with Crippen molar-refractivity contribution < 1.29 is 9.53 Å². The molecule has 5 heterocycles. The lowest BCUT2D eigenvalue weighted by Gasteiger charge is -2.30. The fourth-order valence-electron chi connectivity index (χ4n) is 4.91. The Morgan fingerprint density at radius 1 is 1.05 bits per heavy atom. The molecule has 1 aliphatic heterocycles. The van der Waals surface area contributed by atoms with Crippen LogP contribution in [0.25, 0.3) is 16.8 Å². The number of amides is 1. The van der Waals surface area contributed by atoms with Gasteiger partial charge in [0.15, 0.2) is 0 Å². The first-order valence-electron chi connectivity index (χ1n) is 12.1. The predicted molar refractivity (Wildman–Crippen MR) is 140 cm³/mol. The highest BCUT2D eigenvalue weighted by molar-refractivity contribution is 5.93. The van der Waals surface area contributed by atoms with Crippen LogP contribution in [0.3, 0.4) is 0 Å². The van der Waals surface area contributed by atoms with E-state index in [0.29, 0.717) is 43.1 Å². The van der Waals surface area contributed by atoms with Crippen LogP contribution in [-0.2, 0) is 19.5 Å². The maximum atomic E-state index is 13.8. The zero-order valence-corrected chi connectivity index (χ0v) is 20.4. The normalized spacial score (nSPS) is 12.9. The van der Waals surface area contributed by atoms with E-state index in [0.717, 1.165) is 28.2 Å². The number of hydrogen-bond donors (Lipinski definition) is 0. The van der Waals surface area contributed by atoms with Crippen LogP contribution < -0.4 is 10.3 Å². The topological polar surface area (TPSA) is 81.7 Å². The van der Waals surface area contributed by atoms with E-state index >= 15 is 0 Å². The third kappa shape index (κ3) is 4.27. The van der Waals surface area contributed by atoms with Gasteiger partial charge in [0, 0.05) is 49.4 Å². The van der Waals surface area contributed by atoms with Gasteiger partial charge in [0.25, 0.3) is 11.5 Å². The minimum Gasteiger partial charge on any atom is -0.497 e. The minimum absolute atomic E-state index is 0.0854. The van der Waals surface area contributed by atoms with Crippen molar-refractivity contribution in [1.29, 1.82) is 0 Å². The molecule has 0 fully saturated rings. The molecule has 0 saturated heterocycles. The lowest BCUT2D eigenvalue weighted by atomic mass is 9.98. The SMILES string of the molecule is COc1cccc(-c2cc3c(n(Cc4ccccn4)c2=O)CCN(C(=O)c2cn4ccccc4n2)C3)c1. The average molecular weight is 492 g/mol. The van der Waals surface area contributed by atoms with Crippen molar-refractivity contribution in [3.05, 3.63) is 118 Å². The summed E-state index contributed by atoms with van der Waals surface area (Å²) >= 11 is 0. The zero-order valence-electron chi connectivity index (χ0n) is 20.4. The van der Waals surface area contributed by atoms with Gasteiger partial charge < -0.3 is 18.6 Å². The summed E-state index contributed by atoms with van der Waals surface area (Å²) in [6.07, 6.45) is 5.93. The van der Waals surface area contributed by atoms with Crippen LogP contribution in [0.5, 0.6) is 5.75 Å². The average Bonchev–Trinajstić information content (AvgIpc) is 3.39. The van der Waals surface area contributed by atoms with Gasteiger partial charge in [0.1, 0.15) is 17.1 Å². The second-order valence-electron chi connectivity index (χ2n) is 9.04. The molecule has 5 aromatic rings. The number of hydrogen-bond acceptors (Lipinski definition) is 5. The molecule has 8 nitrogen and oxygen atoms in total. The number of fused-ring (bicyclic) bond motifs is 2. The summed E-state index contributed by atoms with van der Waals surface area (Å²) in [4.78, 5) is 38.0. The number of carbonyl (C=O) groups is 1. The Bertz CT molecular complexity index is 1640. The first-order valence-corrected chi connectivity index (χ1v) is 12.1. The Morgan fingerprint density at radius 3 is 2.76 bits per heavy atom. The van der Waals surface area contributed by atoms with Crippen molar-refractivity contribution in [1.82, 2.24) is 23.8 Å². The van der Waals surface area contributed by atoms with Crippen LogP contribution in [-0.4, -0.2) is 43.4 Å². The Morgan fingerprint density at radius 2 is 1.95 bits per heavy atom. The summed E-state index contributed by atoms with van der Waals surface area (Å²) in [6, 6.07) is 20.8. The van der Waals surface area contributed by atoms with Crippen molar-refractivity contribution in [3.8, 4) is 16.9 Å². The maximum Gasteiger partial charge on any atom is 0.274 e. The van der Waals surface area contributed by atoms with Crippen LogP contribution in [0, 0.1) is 0 Å². The summed E-state index contributed by atoms with van der Waals surface area (Å²) in [6.45, 7) is 1.25. The molecule has 0 saturated carbocycles. The Balaban J connectivity index is 1.42. The maximum absolute atomic E-state index is 13.8. The van der Waals surface area contributed by atoms with E-state index in [2.05, 4.69) is 9.97 Å². The number of nitrogens with zero attached hydrogens (tertiary/aromatic N) is 5. The molecule has 0 aliphatic carbocycles. The molecule has 8 heteroatoms. The lowest BCUT2D eigenvalue weighted by Crippen LogP contribution is -2.39. The number of carbonyl (C=O) groups excluding carboxylic acids is 1. The van der Waals surface area contributed by atoms with Crippen molar-refractivity contribution in [2.45, 2.75) is 19.5 Å². The highest BCUT2D eigenvalue weighted by atomic mass is 16.5. The molecule has 0 N–H and O–H groups in total. The highest BCUT2D eigenvalue weighted by Crippen LogP contribution is 2.27. The van der Waals surface area contributed by atoms with E-state index in [1.54, 1.807) is 29.0 Å². The van der Waals surface area contributed by atoms with Crippen LogP contribution in [0.15, 0.2) is 90.1 Å². The van der Waals surface area contributed by atoms with Gasteiger partial charge in [-0.05, 0) is 53.6 Å². The summed E-state index contributed by atoms with van der Waals surface area (Å²) in [5.41, 5.74) is 5.06. The number of aromatic nitrogens is 4. The molecular weight excluding hydrogens is 466 g/mol. The summed E-state index contributed by atoms with van der Waals surface area (Å²) in [5.74, 6) is 0.550. The summed E-state index contributed by atoms with van der Waals surface area (Å²) < 4.78 is 9.05. The van der Waals surface area contributed by atoms with Gasteiger partial charge in [0.05, 0.1) is 19.3 Å². The second kappa shape index (κ2) is 9.39. The van der Waals surface area contributed by atoms with E-state index in [1.165, 1.54) is 0 Å². The fraction of sp³-hybridized carbons (Fsp3) is 0.172. The lowest BCUT2D eigenvalue weighted by molar-refractivity contribution is 0.0727. The monoisotopic (exact) mass is 491 g/mol. The Hall–Kier alpha value is -4.72. The third-order valence-corrected chi connectivity index (χ3v) is 6.77. The van der Waals surface area contributed by atoms with Gasteiger partial charge in [-0.1, -0.05) is 24.3 Å². The molecular formula is C29H25N5O3. The van der Waals surface area contributed by atoms with Crippen LogP contribution in [0.2, 0.25) is 0 Å². The van der Waals surface area contributed by atoms with Gasteiger partial charge in [-0.2, -0.15) is 0 Å². The molecule has 1 aliphatic rings. The molecule has 37 heavy (non-hydrogen) atoms. The molecule has 0 bridgehead atoms. The quantitative estimate of drug-likeness (QED) is 0.373. The first-order chi connectivity index (χ1) is 18.1. The van der Waals surface area contributed by atoms with Gasteiger partial charge in [0.2, 0.25) is 0 Å². The van der Waals surface area contributed by atoms with E-state index in [4.69, 9.17) is 4.74 Å². The predicted octanol–water partition coefficient (Wildman–Crippen LogP) is 3.81. The minimum atomic E-state index is -0.125. The van der Waals surface area contributed by atoms with E-state index in [-0.39, 0.29) is 11.5 Å². The standard InChI is InChI=1S/C29H25N5O3/c1-37-23-9-6-7-20(15-23)24-16-21-17-33(29(36)25-19-32-13-5-3-10-27(32)31-25)14-11-26(21)34(28(24)35)18-22-8-2-4-12-30-22/h2-10,12-13,15-16,19H,11,14,17-18H2,1H3. The molecule has 1 aromatic carbocycles. The van der Waals surface area contributed by atoms with Crippen LogP contribution >= 0.6 is 0 Å². The Kier molecular flexibility index (Phi) is 5.76. The van der Waals surface area contributed by atoms with Gasteiger partial charge in [-0.15, -0.1) is 0 Å². The number of methoxy groups -OCH3 is 1. The largest absolute Gasteiger partial charge is 0.497 e. The number of benzene rings is 1. The first kappa shape index (κ1) is 22.7. The zero-order chi connectivity index (χ0) is 25.4. The Labute approximate surface area is 213 Å². The van der Waals surface area contributed by atoms with Crippen molar-refractivity contribution >= 4 is 11.6 Å². The fourth-order valence-corrected chi connectivity index (χ4v) is 4.91. The molecule has 184 valence electrons. The van der Waals surface area contributed by atoms with E-state index in [1.807, 2.05) is 77.3 Å². The third-order valence-electron chi connectivity index (χ3n) is 6.77. The second-order valence-corrected chi connectivity index (χ2v) is 9.04. The number of imidazole rings is 1. The van der Waals surface area contributed by atoms with Gasteiger partial charge in [-0.3, -0.25) is 14.6 Å². The molecule has 0 radical (unpaired) electrons. The number of pyridine rings is 3. The smallest absolute Gasteiger partial charge is 0.274 e. The van der Waals surface area contributed by atoms with E-state index < -0.39 is 0 Å². The highest BCUT2D eigenvalue weighted by Gasteiger charge is 2.27.